The van der Waals surface area contributed by atoms with Crippen LogP contribution in [0.2, 0.25) is 0 Å². The first-order valence-electron chi connectivity index (χ1n) is 8.70. The standard InChI is InChI=1S/C20H19BrO8/c1-23-10-6-5-9(7-11(10)24-2)15-18(29-15)14(22)12-13(21)17-20(28-8-27-17)19(26-4)16(12)25-3/h5-7,15,18H,8H2,1-4H3/t15-,18-/m0/s1. The van der Waals surface area contributed by atoms with Crippen LogP contribution in [0, 0.1) is 0 Å². The van der Waals surface area contributed by atoms with E-state index in [0.29, 0.717) is 33.2 Å². The third-order valence-corrected chi connectivity index (χ3v) is 5.57. The fourth-order valence-electron chi connectivity index (χ4n) is 3.38. The third-order valence-electron chi connectivity index (χ3n) is 4.81. The molecule has 1 fully saturated rings. The number of carbonyl (C=O) groups excluding carboxylic acids is 1. The number of rotatable bonds is 7. The maximum Gasteiger partial charge on any atom is 0.231 e. The Bertz CT molecular complexity index is 974. The van der Waals surface area contributed by atoms with Crippen LogP contribution >= 0.6 is 15.9 Å². The largest absolute Gasteiger partial charge is 0.493 e. The molecule has 0 radical (unpaired) electrons. The Morgan fingerprint density at radius 3 is 2.31 bits per heavy atom. The third kappa shape index (κ3) is 3.14. The number of hydrogen-bond donors (Lipinski definition) is 0. The molecule has 0 unspecified atom stereocenters. The van der Waals surface area contributed by atoms with Gasteiger partial charge in [0, 0.05) is 0 Å². The van der Waals surface area contributed by atoms with Crippen molar-refractivity contribution in [3.05, 3.63) is 33.8 Å². The lowest BCUT2D eigenvalue weighted by molar-refractivity contribution is 0.0948. The van der Waals surface area contributed by atoms with E-state index in [-0.39, 0.29) is 23.9 Å². The Hall–Kier alpha value is -2.65. The van der Waals surface area contributed by atoms with Gasteiger partial charge < -0.3 is 33.2 Å². The summed E-state index contributed by atoms with van der Waals surface area (Å²) >= 11 is 3.45. The van der Waals surface area contributed by atoms with Gasteiger partial charge in [0.2, 0.25) is 18.3 Å². The summed E-state index contributed by atoms with van der Waals surface area (Å²) in [6, 6.07) is 5.41. The second-order valence-corrected chi connectivity index (χ2v) is 7.07. The van der Waals surface area contributed by atoms with Gasteiger partial charge in [0.25, 0.3) is 0 Å². The molecule has 0 aromatic heterocycles. The molecule has 29 heavy (non-hydrogen) atoms. The molecule has 9 heteroatoms. The lowest BCUT2D eigenvalue weighted by atomic mass is 10.0. The van der Waals surface area contributed by atoms with Crippen molar-refractivity contribution in [1.82, 2.24) is 0 Å². The first kappa shape index (κ1) is 19.7. The first-order valence-corrected chi connectivity index (χ1v) is 9.49. The molecule has 2 aromatic rings. The van der Waals surface area contributed by atoms with Gasteiger partial charge in [0.15, 0.2) is 34.9 Å². The predicted octanol–water partition coefficient (Wildman–Crippen LogP) is 3.54. The van der Waals surface area contributed by atoms with Crippen LogP contribution in [0.15, 0.2) is 22.7 Å². The number of fused-ring (bicyclic) bond motifs is 1. The van der Waals surface area contributed by atoms with E-state index in [9.17, 15) is 4.79 Å². The van der Waals surface area contributed by atoms with Gasteiger partial charge in [-0.25, -0.2) is 0 Å². The zero-order valence-corrected chi connectivity index (χ0v) is 17.8. The minimum atomic E-state index is -0.677. The topological polar surface area (TPSA) is 85.0 Å². The smallest absolute Gasteiger partial charge is 0.231 e. The molecule has 2 aliphatic rings. The van der Waals surface area contributed by atoms with Crippen molar-refractivity contribution in [2.75, 3.05) is 35.2 Å². The second kappa shape index (κ2) is 7.64. The number of Topliss-reactive ketones (excluding diaryl/α,β-unsaturated/α-hetero) is 1. The summed E-state index contributed by atoms with van der Waals surface area (Å²) in [5.41, 5.74) is 1.09. The Labute approximate surface area is 175 Å². The van der Waals surface area contributed by atoms with Gasteiger partial charge in [-0.15, -0.1) is 0 Å². The highest BCUT2D eigenvalue weighted by atomic mass is 79.9. The molecule has 0 spiro atoms. The quantitative estimate of drug-likeness (QED) is 0.452. The van der Waals surface area contributed by atoms with E-state index in [4.69, 9.17) is 33.2 Å². The van der Waals surface area contributed by atoms with E-state index < -0.39 is 12.2 Å². The highest BCUT2D eigenvalue weighted by Crippen LogP contribution is 2.55. The number of benzene rings is 2. The summed E-state index contributed by atoms with van der Waals surface area (Å²) in [5, 5.41) is 0. The van der Waals surface area contributed by atoms with E-state index in [1.165, 1.54) is 14.2 Å². The van der Waals surface area contributed by atoms with Crippen molar-refractivity contribution < 1.29 is 38.0 Å². The molecule has 154 valence electrons. The maximum atomic E-state index is 13.3. The second-order valence-electron chi connectivity index (χ2n) is 6.28. The number of hydrogen-bond acceptors (Lipinski definition) is 8. The minimum Gasteiger partial charge on any atom is -0.493 e. The number of ether oxygens (including phenoxy) is 7. The number of ketones is 1. The Morgan fingerprint density at radius 2 is 1.66 bits per heavy atom. The number of methoxy groups -OCH3 is 4. The van der Waals surface area contributed by atoms with Gasteiger partial charge in [-0.2, -0.15) is 0 Å². The molecule has 2 aromatic carbocycles. The average Bonchev–Trinajstić information content (AvgIpc) is 3.40. The molecule has 0 saturated carbocycles. The number of halogens is 1. The van der Waals surface area contributed by atoms with Crippen molar-refractivity contribution in [3.63, 3.8) is 0 Å². The molecule has 2 heterocycles. The molecule has 0 amide bonds. The van der Waals surface area contributed by atoms with Crippen molar-refractivity contribution in [1.29, 1.82) is 0 Å². The van der Waals surface area contributed by atoms with Crippen LogP contribution in [0.25, 0.3) is 0 Å². The zero-order chi connectivity index (χ0) is 20.7. The molecule has 0 bridgehead atoms. The number of epoxide rings is 1. The molecule has 0 N–H and O–H groups in total. The SMILES string of the molecule is COc1ccc([C@@H]2O[C@H]2C(=O)c2c(Br)c3c(c(OC)c2OC)OCO3)cc1OC. The molecule has 8 nitrogen and oxygen atoms in total. The minimum absolute atomic E-state index is 0.0271. The van der Waals surface area contributed by atoms with Crippen LogP contribution in [0.5, 0.6) is 34.5 Å². The molecule has 0 aliphatic carbocycles. The lowest BCUT2D eigenvalue weighted by Crippen LogP contribution is -2.12. The van der Waals surface area contributed by atoms with Crippen LogP contribution in [0.1, 0.15) is 22.0 Å². The monoisotopic (exact) mass is 466 g/mol. The Morgan fingerprint density at radius 1 is 0.966 bits per heavy atom. The van der Waals surface area contributed by atoms with Gasteiger partial charge in [0.05, 0.1) is 38.5 Å². The summed E-state index contributed by atoms with van der Waals surface area (Å²) in [4.78, 5) is 13.3. The Kier molecular flexibility index (Phi) is 5.18. The molecular weight excluding hydrogens is 448 g/mol. The van der Waals surface area contributed by atoms with E-state index in [0.717, 1.165) is 5.56 Å². The van der Waals surface area contributed by atoms with Gasteiger partial charge >= 0.3 is 0 Å². The molecule has 2 atom stereocenters. The van der Waals surface area contributed by atoms with Gasteiger partial charge in [-0.1, -0.05) is 6.07 Å². The normalized spacial score (nSPS) is 18.9. The van der Waals surface area contributed by atoms with E-state index in [1.54, 1.807) is 26.4 Å². The lowest BCUT2D eigenvalue weighted by Gasteiger charge is -2.15. The van der Waals surface area contributed by atoms with Gasteiger partial charge in [-0.05, 0) is 33.6 Å². The molecule has 2 aliphatic heterocycles. The molecule has 1 saturated heterocycles. The van der Waals surface area contributed by atoms with Crippen LogP contribution in [-0.4, -0.2) is 47.1 Å². The number of carbonyl (C=O) groups is 1. The van der Waals surface area contributed by atoms with E-state index in [1.807, 2.05) is 6.07 Å². The fourth-order valence-corrected chi connectivity index (χ4v) is 4.05. The first-order chi connectivity index (χ1) is 14.0. The van der Waals surface area contributed by atoms with Crippen molar-refractivity contribution in [3.8, 4) is 34.5 Å². The average molecular weight is 467 g/mol. The summed E-state index contributed by atoms with van der Waals surface area (Å²) in [7, 11) is 6.05. The van der Waals surface area contributed by atoms with Gasteiger partial charge in [-0.3, -0.25) is 4.79 Å². The summed E-state index contributed by atoms with van der Waals surface area (Å²) in [5.74, 6) is 2.25. The van der Waals surface area contributed by atoms with Crippen molar-refractivity contribution in [2.24, 2.45) is 0 Å². The summed E-state index contributed by atoms with van der Waals surface area (Å²) in [6.45, 7) is 0.0271. The van der Waals surface area contributed by atoms with E-state index >= 15 is 0 Å². The van der Waals surface area contributed by atoms with Gasteiger partial charge in [0.1, 0.15) is 6.10 Å². The van der Waals surface area contributed by atoms with Crippen molar-refractivity contribution in [2.45, 2.75) is 12.2 Å². The summed E-state index contributed by atoms with van der Waals surface area (Å²) < 4.78 is 38.6. The zero-order valence-electron chi connectivity index (χ0n) is 16.2. The van der Waals surface area contributed by atoms with E-state index in [2.05, 4.69) is 15.9 Å². The molecule has 4 rings (SSSR count). The highest BCUT2D eigenvalue weighted by Gasteiger charge is 2.49. The van der Waals surface area contributed by atoms with Crippen LogP contribution in [0.4, 0.5) is 0 Å². The van der Waals surface area contributed by atoms with Crippen LogP contribution in [-0.2, 0) is 4.74 Å². The summed E-state index contributed by atoms with van der Waals surface area (Å²) in [6.07, 6.45) is -1.08. The van der Waals surface area contributed by atoms with Crippen LogP contribution in [0.3, 0.4) is 0 Å². The maximum absolute atomic E-state index is 13.3. The van der Waals surface area contributed by atoms with Crippen LogP contribution < -0.4 is 28.4 Å². The molecular formula is C20H19BrO8. The predicted molar refractivity (Wildman–Crippen MR) is 105 cm³/mol. The fraction of sp³-hybridized carbons (Fsp3) is 0.350. The highest BCUT2D eigenvalue weighted by molar-refractivity contribution is 9.10. The Balaban J connectivity index is 1.69. The van der Waals surface area contributed by atoms with Crippen molar-refractivity contribution >= 4 is 21.7 Å².